The maximum atomic E-state index is 13.5. The van der Waals surface area contributed by atoms with Gasteiger partial charge in [-0.25, -0.2) is 9.37 Å². The number of methoxy groups -OCH3 is 1. The Morgan fingerprint density at radius 1 is 1.03 bits per heavy atom. The van der Waals surface area contributed by atoms with Crippen molar-refractivity contribution in [3.8, 4) is 16.9 Å². The highest BCUT2D eigenvalue weighted by Gasteiger charge is 2.26. The number of amides is 1. The Morgan fingerprint density at radius 2 is 1.81 bits per heavy atom. The van der Waals surface area contributed by atoms with Crippen molar-refractivity contribution in [3.63, 3.8) is 0 Å². The molecule has 4 rings (SSSR count). The molecule has 2 aromatic carbocycles. The van der Waals surface area contributed by atoms with Crippen LogP contribution in [0, 0.1) is 11.7 Å². The van der Waals surface area contributed by atoms with Crippen LogP contribution in [0.2, 0.25) is 0 Å². The van der Waals surface area contributed by atoms with E-state index in [9.17, 15) is 9.18 Å². The van der Waals surface area contributed by atoms with E-state index in [1.165, 1.54) is 19.2 Å². The number of anilines is 2. The molecule has 0 spiro atoms. The van der Waals surface area contributed by atoms with E-state index in [2.05, 4.69) is 27.8 Å². The summed E-state index contributed by atoms with van der Waals surface area (Å²) in [5.74, 6) is 0.528. The van der Waals surface area contributed by atoms with Crippen LogP contribution in [-0.4, -0.2) is 24.0 Å². The third kappa shape index (κ3) is 5.20. The summed E-state index contributed by atoms with van der Waals surface area (Å²) in [6.07, 6.45) is 5.21. The van der Waals surface area contributed by atoms with Crippen molar-refractivity contribution in [2.75, 3.05) is 17.7 Å². The highest BCUT2D eigenvalue weighted by molar-refractivity contribution is 5.92. The normalized spacial score (nSPS) is 18.3. The van der Waals surface area contributed by atoms with Crippen LogP contribution in [-0.2, 0) is 4.79 Å². The van der Waals surface area contributed by atoms with Crippen LogP contribution in [0.15, 0.2) is 66.9 Å². The number of carbonyl (C=O) groups excluding carboxylic acids is 1. The van der Waals surface area contributed by atoms with Crippen LogP contribution in [0.25, 0.3) is 11.1 Å². The second kappa shape index (κ2) is 9.60. The molecule has 0 saturated heterocycles. The summed E-state index contributed by atoms with van der Waals surface area (Å²) in [4.78, 5) is 17.1. The van der Waals surface area contributed by atoms with Crippen molar-refractivity contribution in [2.24, 2.45) is 5.92 Å². The lowest BCUT2D eigenvalue weighted by Crippen LogP contribution is -2.32. The predicted molar refractivity (Wildman–Crippen MR) is 121 cm³/mol. The van der Waals surface area contributed by atoms with E-state index in [1.54, 1.807) is 18.3 Å². The average Bonchev–Trinajstić information content (AvgIpc) is 2.80. The van der Waals surface area contributed by atoms with Gasteiger partial charge in [-0.3, -0.25) is 4.79 Å². The fourth-order valence-corrected chi connectivity index (χ4v) is 4.07. The standard InChI is InChI=1S/C25H26FN3O2/c1-31-23-16-19(26)9-12-22(23)18-13-14-27-24(15-18)29-25(30)17-7-10-21(11-8-17)28-20-5-3-2-4-6-20/h2-6,9,12-17,21,28H,7-8,10-11H2,1H3,(H,27,29,30)/t17-,21+. The molecule has 0 radical (unpaired) electrons. The monoisotopic (exact) mass is 419 g/mol. The lowest BCUT2D eigenvalue weighted by Gasteiger charge is -2.29. The van der Waals surface area contributed by atoms with Gasteiger partial charge < -0.3 is 15.4 Å². The van der Waals surface area contributed by atoms with Crippen LogP contribution in [0.3, 0.4) is 0 Å². The number of nitrogens with zero attached hydrogens (tertiary/aromatic N) is 1. The van der Waals surface area contributed by atoms with Crippen LogP contribution in [0.1, 0.15) is 25.7 Å². The van der Waals surface area contributed by atoms with Crippen molar-refractivity contribution in [3.05, 3.63) is 72.7 Å². The molecular weight excluding hydrogens is 393 g/mol. The number of halogens is 1. The SMILES string of the molecule is COc1cc(F)ccc1-c1ccnc(NC(=O)[C@H]2CC[C@@H](Nc3ccccc3)CC2)c1. The van der Waals surface area contributed by atoms with Gasteiger partial charge in [0.25, 0.3) is 0 Å². The first-order valence-electron chi connectivity index (χ1n) is 10.5. The molecule has 1 aliphatic rings. The van der Waals surface area contributed by atoms with Gasteiger partial charge in [0.15, 0.2) is 0 Å². The molecule has 1 fully saturated rings. The van der Waals surface area contributed by atoms with E-state index < -0.39 is 0 Å². The number of benzene rings is 2. The fourth-order valence-electron chi connectivity index (χ4n) is 4.07. The molecule has 1 saturated carbocycles. The summed E-state index contributed by atoms with van der Waals surface area (Å²) in [6.45, 7) is 0. The van der Waals surface area contributed by atoms with Gasteiger partial charge in [-0.1, -0.05) is 18.2 Å². The highest BCUT2D eigenvalue weighted by Crippen LogP contribution is 2.32. The number of pyridine rings is 1. The number of aromatic nitrogens is 1. The van der Waals surface area contributed by atoms with Gasteiger partial charge in [0, 0.05) is 35.5 Å². The van der Waals surface area contributed by atoms with E-state index in [1.807, 2.05) is 24.3 Å². The second-order valence-corrected chi connectivity index (χ2v) is 7.82. The Kier molecular flexibility index (Phi) is 6.46. The zero-order valence-corrected chi connectivity index (χ0v) is 17.5. The first-order chi connectivity index (χ1) is 15.1. The van der Waals surface area contributed by atoms with Gasteiger partial charge in [-0.05, 0) is 67.6 Å². The number of carbonyl (C=O) groups is 1. The Morgan fingerprint density at radius 3 is 2.55 bits per heavy atom. The molecule has 5 nitrogen and oxygen atoms in total. The summed E-state index contributed by atoms with van der Waals surface area (Å²) < 4.78 is 18.8. The molecule has 0 aliphatic heterocycles. The zero-order chi connectivity index (χ0) is 21.6. The minimum Gasteiger partial charge on any atom is -0.496 e. The van der Waals surface area contributed by atoms with Crippen LogP contribution < -0.4 is 15.4 Å². The van der Waals surface area contributed by atoms with Crippen molar-refractivity contribution in [1.82, 2.24) is 4.98 Å². The zero-order valence-electron chi connectivity index (χ0n) is 17.5. The van der Waals surface area contributed by atoms with E-state index in [4.69, 9.17) is 4.74 Å². The fraction of sp³-hybridized carbons (Fsp3) is 0.280. The lowest BCUT2D eigenvalue weighted by molar-refractivity contribution is -0.120. The summed E-state index contributed by atoms with van der Waals surface area (Å²) >= 11 is 0. The van der Waals surface area contributed by atoms with Gasteiger partial charge >= 0.3 is 0 Å². The third-order valence-electron chi connectivity index (χ3n) is 5.73. The second-order valence-electron chi connectivity index (χ2n) is 7.82. The largest absolute Gasteiger partial charge is 0.496 e. The van der Waals surface area contributed by atoms with Gasteiger partial charge in [0.05, 0.1) is 7.11 Å². The molecule has 1 aliphatic carbocycles. The van der Waals surface area contributed by atoms with Crippen LogP contribution in [0.4, 0.5) is 15.9 Å². The van der Waals surface area contributed by atoms with Gasteiger partial charge in [-0.2, -0.15) is 0 Å². The van der Waals surface area contributed by atoms with E-state index in [0.717, 1.165) is 42.5 Å². The molecule has 1 amide bonds. The molecule has 2 N–H and O–H groups in total. The first-order valence-corrected chi connectivity index (χ1v) is 10.5. The Bertz CT molecular complexity index is 1030. The van der Waals surface area contributed by atoms with E-state index in [-0.39, 0.29) is 17.6 Å². The number of hydrogen-bond acceptors (Lipinski definition) is 4. The minimum atomic E-state index is -0.361. The number of rotatable bonds is 6. The molecule has 0 unspecified atom stereocenters. The highest BCUT2D eigenvalue weighted by atomic mass is 19.1. The van der Waals surface area contributed by atoms with E-state index >= 15 is 0 Å². The average molecular weight is 420 g/mol. The molecule has 6 heteroatoms. The van der Waals surface area contributed by atoms with Gasteiger partial charge in [0.1, 0.15) is 17.4 Å². The first kappa shape index (κ1) is 20.8. The van der Waals surface area contributed by atoms with Gasteiger partial charge in [-0.15, -0.1) is 0 Å². The van der Waals surface area contributed by atoms with E-state index in [0.29, 0.717) is 17.6 Å². The van der Waals surface area contributed by atoms with Crippen molar-refractivity contribution in [1.29, 1.82) is 0 Å². The predicted octanol–water partition coefficient (Wildman–Crippen LogP) is 5.51. The molecule has 160 valence electrons. The lowest BCUT2D eigenvalue weighted by atomic mass is 9.85. The summed E-state index contributed by atoms with van der Waals surface area (Å²) in [7, 11) is 1.51. The number of para-hydroxylation sites is 1. The summed E-state index contributed by atoms with van der Waals surface area (Å²) in [5, 5.41) is 6.50. The molecular formula is C25H26FN3O2. The van der Waals surface area contributed by atoms with Crippen molar-refractivity contribution in [2.45, 2.75) is 31.7 Å². The molecule has 1 aromatic heterocycles. The molecule has 0 atom stereocenters. The van der Waals surface area contributed by atoms with Gasteiger partial charge in [0.2, 0.25) is 5.91 Å². The number of nitrogens with one attached hydrogen (secondary N) is 2. The Balaban J connectivity index is 1.37. The van der Waals surface area contributed by atoms with Crippen LogP contribution in [0.5, 0.6) is 5.75 Å². The Hall–Kier alpha value is -3.41. The van der Waals surface area contributed by atoms with Crippen LogP contribution >= 0.6 is 0 Å². The summed E-state index contributed by atoms with van der Waals surface area (Å²) in [6, 6.07) is 18.5. The molecule has 0 bridgehead atoms. The number of hydrogen-bond donors (Lipinski definition) is 2. The number of ether oxygens (including phenoxy) is 1. The summed E-state index contributed by atoms with van der Waals surface area (Å²) in [5.41, 5.74) is 2.67. The quantitative estimate of drug-likeness (QED) is 0.553. The minimum absolute atomic E-state index is 0.00566. The maximum Gasteiger partial charge on any atom is 0.228 e. The smallest absolute Gasteiger partial charge is 0.228 e. The molecule has 3 aromatic rings. The third-order valence-corrected chi connectivity index (χ3v) is 5.73. The Labute approximate surface area is 181 Å². The topological polar surface area (TPSA) is 63.2 Å². The van der Waals surface area contributed by atoms with Crippen molar-refractivity contribution < 1.29 is 13.9 Å². The van der Waals surface area contributed by atoms with Crippen molar-refractivity contribution >= 4 is 17.4 Å². The maximum absolute atomic E-state index is 13.5. The molecule has 31 heavy (non-hydrogen) atoms. The molecule has 1 heterocycles.